The number of ether oxygens (including phenoxy) is 1. The van der Waals surface area contributed by atoms with Crippen molar-refractivity contribution in [2.45, 2.75) is 19.4 Å². The van der Waals surface area contributed by atoms with Crippen molar-refractivity contribution in [3.63, 3.8) is 0 Å². The molecular weight excluding hydrogens is 356 g/mol. The fourth-order valence-corrected chi connectivity index (χ4v) is 3.71. The van der Waals surface area contributed by atoms with Crippen molar-refractivity contribution in [3.8, 4) is 17.4 Å². The molecule has 5 rings (SSSR count). The van der Waals surface area contributed by atoms with Gasteiger partial charge in [0, 0.05) is 25.0 Å². The predicted molar refractivity (Wildman–Crippen MR) is 106 cm³/mol. The average Bonchev–Trinajstić information content (AvgIpc) is 3.37. The molecule has 7 heteroatoms. The average molecular weight is 376 g/mol. The Morgan fingerprint density at radius 3 is 2.75 bits per heavy atom. The highest BCUT2D eigenvalue weighted by Gasteiger charge is 2.26. The van der Waals surface area contributed by atoms with Gasteiger partial charge in [0.15, 0.2) is 5.82 Å². The molecule has 0 spiro atoms. The number of benzene rings is 1. The highest BCUT2D eigenvalue weighted by molar-refractivity contribution is 5.93. The molecule has 1 aromatic carbocycles. The van der Waals surface area contributed by atoms with Gasteiger partial charge in [-0.05, 0) is 49.1 Å². The smallest absolute Gasteiger partial charge is 0.335 e. The summed E-state index contributed by atoms with van der Waals surface area (Å²) in [6.07, 6.45) is 2.46. The van der Waals surface area contributed by atoms with E-state index in [2.05, 4.69) is 15.6 Å². The molecule has 1 aliphatic rings. The minimum atomic E-state index is -0.951. The molecule has 1 N–H and O–H groups in total. The van der Waals surface area contributed by atoms with E-state index in [1.807, 2.05) is 29.8 Å². The van der Waals surface area contributed by atoms with Gasteiger partial charge in [0.2, 0.25) is 5.88 Å². The number of carboxylic acid groups (broad SMARTS) is 1. The van der Waals surface area contributed by atoms with E-state index in [0.717, 1.165) is 34.6 Å². The molecule has 0 atom stereocenters. The Kier molecular flexibility index (Phi) is 3.65. The van der Waals surface area contributed by atoms with Gasteiger partial charge in [-0.15, -0.1) is 0 Å². The second-order valence-corrected chi connectivity index (χ2v) is 7.35. The normalized spacial score (nSPS) is 14.1. The Balaban J connectivity index is 1.73. The van der Waals surface area contributed by atoms with E-state index in [9.17, 15) is 9.90 Å². The number of nitrogens with zero attached hydrogens (tertiary/aromatic N) is 4. The maximum absolute atomic E-state index is 11.3. The molecule has 0 unspecified atom stereocenters. The molecule has 1 saturated carbocycles. The molecule has 3 aromatic heterocycles. The van der Waals surface area contributed by atoms with Crippen molar-refractivity contribution in [1.29, 1.82) is 0 Å². The summed E-state index contributed by atoms with van der Waals surface area (Å²) in [5.41, 5.74) is 3.68. The largest absolute Gasteiger partial charge is 0.481 e. The maximum Gasteiger partial charge on any atom is 0.335 e. The number of carboxylic acids is 1. The van der Waals surface area contributed by atoms with Crippen LogP contribution in [0, 0.1) is 5.92 Å². The lowest BCUT2D eigenvalue weighted by atomic mass is 10.2. The van der Waals surface area contributed by atoms with Gasteiger partial charge >= 0.3 is 5.97 Å². The number of rotatable bonds is 5. The molecule has 0 bridgehead atoms. The van der Waals surface area contributed by atoms with Gasteiger partial charge in [-0.3, -0.25) is 0 Å². The van der Waals surface area contributed by atoms with Gasteiger partial charge in [-0.1, -0.05) is 0 Å². The summed E-state index contributed by atoms with van der Waals surface area (Å²) >= 11 is 0. The van der Waals surface area contributed by atoms with Crippen molar-refractivity contribution in [1.82, 2.24) is 19.1 Å². The number of fused-ring (bicyclic) bond motifs is 2. The van der Waals surface area contributed by atoms with E-state index in [1.165, 1.54) is 12.8 Å². The van der Waals surface area contributed by atoms with Crippen molar-refractivity contribution in [3.05, 3.63) is 42.0 Å². The molecule has 4 aromatic rings. The van der Waals surface area contributed by atoms with Crippen LogP contribution in [0.5, 0.6) is 5.88 Å². The van der Waals surface area contributed by atoms with Crippen LogP contribution in [0.3, 0.4) is 0 Å². The molecule has 0 aliphatic heterocycles. The van der Waals surface area contributed by atoms with Gasteiger partial charge < -0.3 is 19.0 Å². The molecule has 1 fully saturated rings. The van der Waals surface area contributed by atoms with E-state index in [-0.39, 0.29) is 5.56 Å². The minimum absolute atomic E-state index is 0.238. The fraction of sp³-hybridized carbons (Fsp3) is 0.286. The number of aromatic carboxylic acids is 1. The third kappa shape index (κ3) is 2.62. The number of carbonyl (C=O) groups is 1. The zero-order valence-corrected chi connectivity index (χ0v) is 15.7. The van der Waals surface area contributed by atoms with Crippen LogP contribution in [0.15, 0.2) is 36.4 Å². The van der Waals surface area contributed by atoms with Crippen LogP contribution in [-0.2, 0) is 13.6 Å². The first kappa shape index (κ1) is 16.8. The highest BCUT2D eigenvalue weighted by Crippen LogP contribution is 2.36. The Bertz CT molecular complexity index is 1230. The summed E-state index contributed by atoms with van der Waals surface area (Å²) in [5, 5.41) is 10.3. The quantitative estimate of drug-likeness (QED) is 0.574. The molecule has 0 radical (unpaired) electrons. The molecule has 7 nitrogen and oxygen atoms in total. The van der Waals surface area contributed by atoms with Gasteiger partial charge in [-0.2, -0.15) is 4.98 Å². The Morgan fingerprint density at radius 2 is 2.04 bits per heavy atom. The highest BCUT2D eigenvalue weighted by atomic mass is 16.5. The second kappa shape index (κ2) is 6.09. The predicted octanol–water partition coefficient (Wildman–Crippen LogP) is 3.71. The van der Waals surface area contributed by atoms with Crippen LogP contribution in [0.2, 0.25) is 0 Å². The van der Waals surface area contributed by atoms with Crippen LogP contribution >= 0.6 is 0 Å². The lowest BCUT2D eigenvalue weighted by Gasteiger charge is -2.10. The van der Waals surface area contributed by atoms with E-state index in [0.29, 0.717) is 17.3 Å². The van der Waals surface area contributed by atoms with E-state index in [1.54, 1.807) is 19.2 Å². The Hall–Kier alpha value is -3.35. The fourth-order valence-electron chi connectivity index (χ4n) is 3.71. The monoisotopic (exact) mass is 376 g/mol. The van der Waals surface area contributed by atoms with Gasteiger partial charge in [-0.25, -0.2) is 9.78 Å². The van der Waals surface area contributed by atoms with Gasteiger partial charge in [0.05, 0.1) is 29.4 Å². The second-order valence-electron chi connectivity index (χ2n) is 7.35. The van der Waals surface area contributed by atoms with Crippen LogP contribution < -0.4 is 4.74 Å². The number of imidazole rings is 1. The summed E-state index contributed by atoms with van der Waals surface area (Å²) < 4.78 is 9.55. The molecule has 28 heavy (non-hydrogen) atoms. The summed E-state index contributed by atoms with van der Waals surface area (Å²) in [4.78, 5) is 20.7. The van der Waals surface area contributed by atoms with Crippen LogP contribution in [0.4, 0.5) is 0 Å². The number of aryl methyl sites for hydroxylation is 1. The third-order valence-electron chi connectivity index (χ3n) is 5.42. The molecular formula is C21H20N4O3. The molecule has 1 aliphatic carbocycles. The molecule has 3 heterocycles. The van der Waals surface area contributed by atoms with E-state index < -0.39 is 5.97 Å². The lowest BCUT2D eigenvalue weighted by Crippen LogP contribution is -2.05. The maximum atomic E-state index is 11.3. The molecule has 0 saturated heterocycles. The lowest BCUT2D eigenvalue weighted by molar-refractivity contribution is 0.0697. The third-order valence-corrected chi connectivity index (χ3v) is 5.42. The van der Waals surface area contributed by atoms with Crippen LogP contribution in [0.25, 0.3) is 33.6 Å². The summed E-state index contributed by atoms with van der Waals surface area (Å²) in [6, 6.07) is 11.0. The summed E-state index contributed by atoms with van der Waals surface area (Å²) in [7, 11) is 3.58. The SMILES string of the molecule is COc1ccc2cc(-c3nc4cc(C(=O)O)ccc4n3C)n(CC3CC3)c2n1. The number of hydrogen-bond donors (Lipinski definition) is 1. The van der Waals surface area contributed by atoms with E-state index in [4.69, 9.17) is 9.72 Å². The first-order valence-electron chi connectivity index (χ1n) is 9.29. The molecule has 142 valence electrons. The number of methoxy groups -OCH3 is 1. The topological polar surface area (TPSA) is 82.2 Å². The van der Waals surface area contributed by atoms with Crippen molar-refractivity contribution in [2.24, 2.45) is 13.0 Å². The number of aromatic nitrogens is 4. The zero-order valence-electron chi connectivity index (χ0n) is 15.7. The summed E-state index contributed by atoms with van der Waals surface area (Å²) in [6.45, 7) is 0.891. The standard InChI is InChI=1S/C21H20N4O3/c1-24-16-7-5-14(21(26)27)9-15(16)22-20(24)17-10-13-6-8-18(28-2)23-19(13)25(17)11-12-3-4-12/h5-10,12H,3-4,11H2,1-2H3,(H,26,27). The zero-order chi connectivity index (χ0) is 19.4. The van der Waals surface area contributed by atoms with Crippen molar-refractivity contribution >= 4 is 28.0 Å². The number of hydrogen-bond acceptors (Lipinski definition) is 4. The van der Waals surface area contributed by atoms with E-state index >= 15 is 0 Å². The first-order chi connectivity index (χ1) is 13.5. The van der Waals surface area contributed by atoms with Crippen molar-refractivity contribution < 1.29 is 14.6 Å². The minimum Gasteiger partial charge on any atom is -0.481 e. The van der Waals surface area contributed by atoms with Crippen LogP contribution in [-0.4, -0.2) is 37.3 Å². The summed E-state index contributed by atoms with van der Waals surface area (Å²) in [5.74, 6) is 1.10. The Morgan fingerprint density at radius 1 is 1.21 bits per heavy atom. The van der Waals surface area contributed by atoms with Gasteiger partial charge in [0.1, 0.15) is 5.65 Å². The Labute approximate surface area is 161 Å². The van der Waals surface area contributed by atoms with Gasteiger partial charge in [0.25, 0.3) is 0 Å². The van der Waals surface area contributed by atoms with Crippen LogP contribution in [0.1, 0.15) is 23.2 Å². The van der Waals surface area contributed by atoms with Crippen molar-refractivity contribution in [2.75, 3.05) is 7.11 Å². The molecule has 0 amide bonds. The first-order valence-corrected chi connectivity index (χ1v) is 9.29. The number of pyridine rings is 1.